The number of allylic oxidation sites excluding steroid dienone is 1. The zero-order chi connectivity index (χ0) is 15.0. The number of fused-ring (bicyclic) bond motifs is 2. The summed E-state index contributed by atoms with van der Waals surface area (Å²) in [7, 11) is 0. The highest BCUT2D eigenvalue weighted by Gasteiger charge is 2.25. The number of carbonyl (C=O) groups is 1. The van der Waals surface area contributed by atoms with E-state index in [4.69, 9.17) is 0 Å². The van der Waals surface area contributed by atoms with Gasteiger partial charge in [-0.2, -0.15) is 0 Å². The molecule has 0 fully saturated rings. The predicted octanol–water partition coefficient (Wildman–Crippen LogP) is 4.27. The number of hydrogen-bond acceptors (Lipinski definition) is 3. The molecule has 2 aromatic carbocycles. The average molecular weight is 296 g/mol. The van der Waals surface area contributed by atoms with Crippen LogP contribution in [-0.4, -0.2) is 10.9 Å². The van der Waals surface area contributed by atoms with E-state index in [2.05, 4.69) is 6.58 Å². The van der Waals surface area contributed by atoms with E-state index in [-0.39, 0.29) is 11.5 Å². The summed E-state index contributed by atoms with van der Waals surface area (Å²) in [5.41, 5.74) is 3.83. The van der Waals surface area contributed by atoms with Crippen LogP contribution in [0.2, 0.25) is 0 Å². The van der Waals surface area contributed by atoms with Crippen LogP contribution in [-0.2, 0) is 12.2 Å². The molecule has 0 spiro atoms. The average Bonchev–Trinajstić information content (AvgIpc) is 2.60. The normalized spacial score (nSPS) is 13.3. The van der Waals surface area contributed by atoms with Crippen LogP contribution in [0.4, 0.5) is 0 Å². The Kier molecular flexibility index (Phi) is 3.60. The number of ketones is 1. The van der Waals surface area contributed by atoms with E-state index < -0.39 is 0 Å². The monoisotopic (exact) mass is 296 g/mol. The first kappa shape index (κ1) is 14.0. The molecular formula is C18H16O2S. The third kappa shape index (κ3) is 2.38. The van der Waals surface area contributed by atoms with E-state index in [9.17, 15) is 9.90 Å². The minimum absolute atomic E-state index is 0.0860. The molecule has 0 amide bonds. The Morgan fingerprint density at radius 2 is 2.14 bits per heavy atom. The lowest BCUT2D eigenvalue weighted by atomic mass is 9.94. The van der Waals surface area contributed by atoms with Crippen molar-refractivity contribution in [2.45, 2.75) is 24.0 Å². The maximum Gasteiger partial charge on any atom is 0.198 e. The fourth-order valence-corrected chi connectivity index (χ4v) is 3.63. The lowest BCUT2D eigenvalue weighted by Crippen LogP contribution is -2.06. The van der Waals surface area contributed by atoms with Crippen molar-refractivity contribution in [3.63, 3.8) is 0 Å². The molecule has 106 valence electrons. The van der Waals surface area contributed by atoms with E-state index in [1.807, 2.05) is 37.3 Å². The van der Waals surface area contributed by atoms with E-state index in [0.29, 0.717) is 23.3 Å². The Morgan fingerprint density at radius 1 is 1.33 bits per heavy atom. The Labute approximate surface area is 128 Å². The maximum absolute atomic E-state index is 12.9. The van der Waals surface area contributed by atoms with E-state index >= 15 is 0 Å². The van der Waals surface area contributed by atoms with Crippen LogP contribution in [0.1, 0.15) is 32.6 Å². The summed E-state index contributed by atoms with van der Waals surface area (Å²) in [6, 6.07) is 9.72. The summed E-state index contributed by atoms with van der Waals surface area (Å²) in [6.07, 6.45) is 2.29. The van der Waals surface area contributed by atoms with Gasteiger partial charge in [0.2, 0.25) is 0 Å². The molecule has 2 nitrogen and oxygen atoms in total. The fraction of sp³-hybridized carbons (Fsp3) is 0.167. The molecule has 2 aromatic rings. The second-order valence-corrected chi connectivity index (χ2v) is 6.23. The minimum atomic E-state index is -0.0860. The number of phenols is 1. The standard InChI is InChI=1S/C18H16O2S/c1-3-4-12-6-7-13-10-21-15-8-5-11(2)9-14(15)18(20)16(13)17(12)19/h3,5-9,19H,1,4,10H2,2H3. The first-order valence-electron chi connectivity index (χ1n) is 6.84. The number of aryl methyl sites for hydroxylation is 1. The van der Waals surface area contributed by atoms with Crippen LogP contribution in [0.3, 0.4) is 0 Å². The summed E-state index contributed by atoms with van der Waals surface area (Å²) >= 11 is 1.64. The van der Waals surface area contributed by atoms with Gasteiger partial charge in [-0.15, -0.1) is 18.3 Å². The third-order valence-electron chi connectivity index (χ3n) is 3.70. The highest BCUT2D eigenvalue weighted by molar-refractivity contribution is 7.98. The molecule has 0 bridgehead atoms. The van der Waals surface area contributed by atoms with Gasteiger partial charge in [0.05, 0.1) is 5.56 Å². The van der Waals surface area contributed by atoms with Gasteiger partial charge in [0, 0.05) is 16.2 Å². The summed E-state index contributed by atoms with van der Waals surface area (Å²) < 4.78 is 0. The number of thioether (sulfide) groups is 1. The van der Waals surface area contributed by atoms with Crippen LogP contribution >= 0.6 is 11.8 Å². The highest BCUT2D eigenvalue weighted by Crippen LogP contribution is 2.38. The van der Waals surface area contributed by atoms with Crippen molar-refractivity contribution in [3.8, 4) is 5.75 Å². The zero-order valence-corrected chi connectivity index (χ0v) is 12.7. The van der Waals surface area contributed by atoms with Crippen LogP contribution in [0.5, 0.6) is 5.75 Å². The van der Waals surface area contributed by atoms with Gasteiger partial charge in [0.25, 0.3) is 0 Å². The van der Waals surface area contributed by atoms with Gasteiger partial charge < -0.3 is 5.11 Å². The third-order valence-corrected chi connectivity index (χ3v) is 4.82. The number of phenolic OH excluding ortho intramolecular Hbond substituents is 1. The predicted molar refractivity (Wildman–Crippen MR) is 86.2 cm³/mol. The van der Waals surface area contributed by atoms with Gasteiger partial charge in [-0.3, -0.25) is 4.79 Å². The van der Waals surface area contributed by atoms with Gasteiger partial charge in [-0.25, -0.2) is 0 Å². The summed E-state index contributed by atoms with van der Waals surface area (Å²) in [4.78, 5) is 13.8. The number of carbonyl (C=O) groups excluding carboxylic acids is 1. The lowest BCUT2D eigenvalue weighted by Gasteiger charge is -2.11. The Bertz CT molecular complexity index is 747. The number of rotatable bonds is 2. The van der Waals surface area contributed by atoms with E-state index in [1.165, 1.54) is 0 Å². The number of hydrogen-bond donors (Lipinski definition) is 1. The van der Waals surface area contributed by atoms with Gasteiger partial charge in [0.1, 0.15) is 5.75 Å². The summed E-state index contributed by atoms with van der Waals surface area (Å²) in [5, 5.41) is 10.5. The smallest absolute Gasteiger partial charge is 0.198 e. The molecule has 0 saturated heterocycles. The van der Waals surface area contributed by atoms with Crippen LogP contribution < -0.4 is 0 Å². The molecule has 0 aliphatic carbocycles. The topological polar surface area (TPSA) is 37.3 Å². The number of aromatic hydroxyl groups is 1. The molecule has 0 saturated carbocycles. The van der Waals surface area contributed by atoms with Crippen LogP contribution in [0.25, 0.3) is 0 Å². The van der Waals surface area contributed by atoms with Crippen molar-refractivity contribution in [1.82, 2.24) is 0 Å². The lowest BCUT2D eigenvalue weighted by molar-refractivity contribution is 0.103. The van der Waals surface area contributed by atoms with E-state index in [0.717, 1.165) is 21.6 Å². The SMILES string of the molecule is C=CCc1ccc2c(c1O)C(=O)c1cc(C)ccc1SC2. The molecule has 0 unspecified atom stereocenters. The zero-order valence-electron chi connectivity index (χ0n) is 11.8. The van der Waals surface area contributed by atoms with E-state index in [1.54, 1.807) is 17.8 Å². The molecular weight excluding hydrogens is 280 g/mol. The second-order valence-electron chi connectivity index (χ2n) is 5.22. The minimum Gasteiger partial charge on any atom is -0.507 e. The first-order valence-corrected chi connectivity index (χ1v) is 7.83. The van der Waals surface area contributed by atoms with Crippen molar-refractivity contribution >= 4 is 17.5 Å². The Hall–Kier alpha value is -2.00. The molecule has 3 rings (SSSR count). The molecule has 0 radical (unpaired) electrons. The summed E-state index contributed by atoms with van der Waals surface area (Å²) in [6.45, 7) is 5.66. The summed E-state index contributed by atoms with van der Waals surface area (Å²) in [5.74, 6) is 0.712. The van der Waals surface area contributed by atoms with Gasteiger partial charge >= 0.3 is 0 Å². The molecule has 1 aliphatic rings. The first-order chi connectivity index (χ1) is 10.1. The van der Waals surface area contributed by atoms with Crippen LogP contribution in [0, 0.1) is 6.92 Å². The van der Waals surface area contributed by atoms with Crippen molar-refractivity contribution < 1.29 is 9.90 Å². The highest BCUT2D eigenvalue weighted by atomic mass is 32.2. The fourth-order valence-electron chi connectivity index (χ4n) is 2.61. The van der Waals surface area contributed by atoms with Crippen molar-refractivity contribution in [1.29, 1.82) is 0 Å². The molecule has 0 aromatic heterocycles. The van der Waals surface area contributed by atoms with Crippen molar-refractivity contribution in [3.05, 3.63) is 70.8 Å². The molecule has 1 heterocycles. The van der Waals surface area contributed by atoms with Crippen molar-refractivity contribution in [2.24, 2.45) is 0 Å². The second kappa shape index (κ2) is 5.41. The van der Waals surface area contributed by atoms with Gasteiger partial charge in [0.15, 0.2) is 5.78 Å². The molecule has 3 heteroatoms. The van der Waals surface area contributed by atoms with Gasteiger partial charge in [-0.1, -0.05) is 29.8 Å². The van der Waals surface area contributed by atoms with Gasteiger partial charge in [-0.05, 0) is 36.6 Å². The van der Waals surface area contributed by atoms with Crippen molar-refractivity contribution in [2.75, 3.05) is 0 Å². The number of benzene rings is 2. The molecule has 21 heavy (non-hydrogen) atoms. The molecule has 0 atom stereocenters. The largest absolute Gasteiger partial charge is 0.507 e. The molecule has 1 aliphatic heterocycles. The Morgan fingerprint density at radius 3 is 2.90 bits per heavy atom. The van der Waals surface area contributed by atoms with Crippen LogP contribution in [0.15, 0.2) is 47.9 Å². The Balaban J connectivity index is 2.21. The molecule has 1 N–H and O–H groups in total. The maximum atomic E-state index is 12.9. The quantitative estimate of drug-likeness (QED) is 0.841.